The molecule has 0 amide bonds. The van der Waals surface area contributed by atoms with Crippen LogP contribution in [0.15, 0.2) is 33.7 Å². The first-order chi connectivity index (χ1) is 12.3. The maximum absolute atomic E-state index is 12.4. The second kappa shape index (κ2) is 5.80. The predicted molar refractivity (Wildman–Crippen MR) is 89.3 cm³/mol. The molecule has 4 heterocycles. The Balaban J connectivity index is 1.32. The van der Waals surface area contributed by atoms with Crippen LogP contribution in [0.25, 0.3) is 5.65 Å². The molecule has 2 fully saturated rings. The van der Waals surface area contributed by atoms with Gasteiger partial charge in [-0.2, -0.15) is 4.98 Å². The summed E-state index contributed by atoms with van der Waals surface area (Å²) in [4.78, 5) is 19.3. The van der Waals surface area contributed by atoms with Gasteiger partial charge in [0, 0.05) is 18.7 Å². The highest BCUT2D eigenvalue weighted by Crippen LogP contribution is 2.40. The highest BCUT2D eigenvalue weighted by Gasteiger charge is 2.34. The molecule has 0 N–H and O–H groups in total. The fourth-order valence-electron chi connectivity index (χ4n) is 3.60. The molecule has 8 heteroatoms. The lowest BCUT2D eigenvalue weighted by Gasteiger charge is -2.21. The first-order valence-corrected chi connectivity index (χ1v) is 8.91. The van der Waals surface area contributed by atoms with Crippen molar-refractivity contribution in [2.24, 2.45) is 0 Å². The lowest BCUT2D eigenvalue weighted by atomic mass is 10.2. The van der Waals surface area contributed by atoms with E-state index in [2.05, 4.69) is 20.1 Å². The van der Waals surface area contributed by atoms with E-state index in [1.807, 2.05) is 18.2 Å². The molecule has 5 rings (SSSR count). The molecule has 3 aromatic rings. The van der Waals surface area contributed by atoms with Crippen LogP contribution in [0.2, 0.25) is 0 Å². The number of fused-ring (bicyclic) bond motifs is 1. The van der Waals surface area contributed by atoms with E-state index in [1.165, 1.54) is 4.68 Å². The Kier molecular flexibility index (Phi) is 3.44. The summed E-state index contributed by atoms with van der Waals surface area (Å²) < 4.78 is 8.52. The molecule has 25 heavy (non-hydrogen) atoms. The van der Waals surface area contributed by atoms with E-state index in [-0.39, 0.29) is 11.7 Å². The van der Waals surface area contributed by atoms with Crippen LogP contribution < -0.4 is 5.69 Å². The molecule has 1 aliphatic heterocycles. The summed E-state index contributed by atoms with van der Waals surface area (Å²) in [5, 5.41) is 8.60. The summed E-state index contributed by atoms with van der Waals surface area (Å²) in [6.45, 7) is 2.30. The third-order valence-electron chi connectivity index (χ3n) is 5.13. The molecular formula is C17H20N6O2. The van der Waals surface area contributed by atoms with E-state index in [9.17, 15) is 4.79 Å². The first kappa shape index (κ1) is 14.8. The van der Waals surface area contributed by atoms with Crippen LogP contribution in [-0.2, 0) is 6.54 Å². The Hall–Kier alpha value is -2.48. The number of hydrogen-bond donors (Lipinski definition) is 0. The van der Waals surface area contributed by atoms with E-state index >= 15 is 0 Å². The monoisotopic (exact) mass is 340 g/mol. The molecule has 3 aromatic heterocycles. The maximum atomic E-state index is 12.4. The van der Waals surface area contributed by atoms with Gasteiger partial charge in [-0.05, 0) is 44.4 Å². The largest absolute Gasteiger partial charge is 0.350 e. The highest BCUT2D eigenvalue weighted by molar-refractivity contribution is 5.35. The van der Waals surface area contributed by atoms with Crippen LogP contribution in [0, 0.1) is 0 Å². The number of pyridine rings is 1. The zero-order valence-corrected chi connectivity index (χ0v) is 13.9. The van der Waals surface area contributed by atoms with Crippen molar-refractivity contribution in [3.05, 3.63) is 46.6 Å². The molecular weight excluding hydrogens is 320 g/mol. The van der Waals surface area contributed by atoms with E-state index in [4.69, 9.17) is 4.52 Å². The van der Waals surface area contributed by atoms with Gasteiger partial charge in [0.25, 0.3) is 0 Å². The highest BCUT2D eigenvalue weighted by atomic mass is 16.5. The zero-order chi connectivity index (χ0) is 16.8. The van der Waals surface area contributed by atoms with Crippen LogP contribution in [0.5, 0.6) is 0 Å². The van der Waals surface area contributed by atoms with E-state index in [1.54, 1.807) is 10.6 Å². The van der Waals surface area contributed by atoms with Crippen molar-refractivity contribution in [1.82, 2.24) is 29.2 Å². The summed E-state index contributed by atoms with van der Waals surface area (Å²) in [6, 6.07) is 5.75. The lowest BCUT2D eigenvalue weighted by Crippen LogP contribution is -2.31. The van der Waals surface area contributed by atoms with Gasteiger partial charge in [-0.15, -0.1) is 5.10 Å². The molecule has 1 atom stereocenters. The molecule has 2 aliphatic rings. The normalized spacial score (nSPS) is 21.4. The Morgan fingerprint density at radius 3 is 2.96 bits per heavy atom. The van der Waals surface area contributed by atoms with E-state index in [0.717, 1.165) is 50.5 Å². The Labute approximate surface area is 144 Å². The average molecular weight is 340 g/mol. The molecule has 1 unspecified atom stereocenters. The van der Waals surface area contributed by atoms with Crippen molar-refractivity contribution >= 4 is 5.65 Å². The van der Waals surface area contributed by atoms with Gasteiger partial charge < -0.3 is 4.52 Å². The fraction of sp³-hybridized carbons (Fsp3) is 0.529. The van der Waals surface area contributed by atoms with Gasteiger partial charge in [0.15, 0.2) is 11.5 Å². The van der Waals surface area contributed by atoms with Gasteiger partial charge in [0.05, 0.1) is 12.6 Å². The quantitative estimate of drug-likeness (QED) is 0.702. The summed E-state index contributed by atoms with van der Waals surface area (Å²) >= 11 is 0. The molecule has 8 nitrogen and oxygen atoms in total. The van der Waals surface area contributed by atoms with E-state index in [0.29, 0.717) is 18.1 Å². The first-order valence-electron chi connectivity index (χ1n) is 8.91. The molecule has 0 aromatic carbocycles. The van der Waals surface area contributed by atoms with Crippen molar-refractivity contribution in [1.29, 1.82) is 0 Å². The maximum Gasteiger partial charge on any atom is 0.350 e. The van der Waals surface area contributed by atoms with Crippen LogP contribution in [0.4, 0.5) is 0 Å². The molecule has 1 saturated carbocycles. The standard InChI is InChI=1S/C17H20N6O2/c24-17-22-9-2-1-5-14(22)19-23(17)11-10-21-8-3-4-13(21)15-18-16(25-20-15)12-6-7-12/h1-2,5,9,12-13H,3-4,6-8,10-11H2. The number of aromatic nitrogens is 5. The van der Waals surface area contributed by atoms with Crippen LogP contribution in [-0.4, -0.2) is 42.3 Å². The summed E-state index contributed by atoms with van der Waals surface area (Å²) in [7, 11) is 0. The molecule has 0 spiro atoms. The van der Waals surface area contributed by atoms with Gasteiger partial charge >= 0.3 is 5.69 Å². The number of hydrogen-bond acceptors (Lipinski definition) is 6. The van der Waals surface area contributed by atoms with Gasteiger partial charge in [0.2, 0.25) is 5.89 Å². The topological polar surface area (TPSA) is 81.5 Å². The number of nitrogens with zero attached hydrogens (tertiary/aromatic N) is 6. The predicted octanol–water partition coefficient (Wildman–Crippen LogP) is 1.59. The number of rotatable bonds is 5. The SMILES string of the molecule is O=c1n(CCN2CCCC2c2noc(C3CC3)n2)nc2ccccn12. The smallest absolute Gasteiger partial charge is 0.339 e. The minimum absolute atomic E-state index is 0.0954. The van der Waals surface area contributed by atoms with Crippen molar-refractivity contribution in [3.8, 4) is 0 Å². The van der Waals surface area contributed by atoms with Crippen LogP contribution in [0.3, 0.4) is 0 Å². The molecule has 130 valence electrons. The molecule has 1 aliphatic carbocycles. The van der Waals surface area contributed by atoms with Gasteiger partial charge in [-0.3, -0.25) is 9.30 Å². The minimum atomic E-state index is -0.0954. The van der Waals surface area contributed by atoms with Crippen molar-refractivity contribution in [3.63, 3.8) is 0 Å². The Morgan fingerprint density at radius 1 is 1.20 bits per heavy atom. The fourth-order valence-corrected chi connectivity index (χ4v) is 3.60. The third-order valence-corrected chi connectivity index (χ3v) is 5.13. The number of likely N-dealkylation sites (tertiary alicyclic amines) is 1. The summed E-state index contributed by atoms with van der Waals surface area (Å²) in [5.74, 6) is 2.06. The van der Waals surface area contributed by atoms with Gasteiger partial charge in [-0.25, -0.2) is 9.48 Å². The summed E-state index contributed by atoms with van der Waals surface area (Å²) in [5.41, 5.74) is 0.583. The Morgan fingerprint density at radius 2 is 2.12 bits per heavy atom. The second-order valence-electron chi connectivity index (χ2n) is 6.89. The molecule has 0 bridgehead atoms. The van der Waals surface area contributed by atoms with Crippen molar-refractivity contribution in [2.75, 3.05) is 13.1 Å². The second-order valence-corrected chi connectivity index (χ2v) is 6.89. The van der Waals surface area contributed by atoms with Crippen molar-refractivity contribution < 1.29 is 4.52 Å². The lowest BCUT2D eigenvalue weighted by molar-refractivity contribution is 0.229. The molecule has 1 saturated heterocycles. The summed E-state index contributed by atoms with van der Waals surface area (Å²) in [6.07, 6.45) is 6.21. The molecule has 0 radical (unpaired) electrons. The third kappa shape index (κ3) is 2.66. The van der Waals surface area contributed by atoms with E-state index < -0.39 is 0 Å². The average Bonchev–Trinajstić information content (AvgIpc) is 3.06. The Bertz CT molecular complexity index is 953. The van der Waals surface area contributed by atoms with Crippen LogP contribution in [0.1, 0.15) is 49.4 Å². The van der Waals surface area contributed by atoms with Gasteiger partial charge in [0.1, 0.15) is 0 Å². The zero-order valence-electron chi connectivity index (χ0n) is 13.9. The van der Waals surface area contributed by atoms with Gasteiger partial charge in [-0.1, -0.05) is 11.2 Å². The minimum Gasteiger partial charge on any atom is -0.339 e. The van der Waals surface area contributed by atoms with Crippen LogP contribution >= 0.6 is 0 Å². The van der Waals surface area contributed by atoms with Crippen molar-refractivity contribution in [2.45, 2.75) is 44.2 Å².